The Morgan fingerprint density at radius 3 is 2.64 bits per heavy atom. The van der Waals surface area contributed by atoms with Gasteiger partial charge in [-0.25, -0.2) is 8.42 Å². The minimum absolute atomic E-state index is 0.182. The lowest BCUT2D eigenvalue weighted by Crippen LogP contribution is -2.45. The number of sulfonamides is 1. The van der Waals surface area contributed by atoms with Crippen molar-refractivity contribution in [2.24, 2.45) is 0 Å². The van der Waals surface area contributed by atoms with Crippen molar-refractivity contribution >= 4 is 32.4 Å². The van der Waals surface area contributed by atoms with E-state index in [1.165, 1.54) is 4.31 Å². The van der Waals surface area contributed by atoms with E-state index in [0.717, 1.165) is 11.1 Å². The molecule has 4 rings (SSSR count). The first-order chi connectivity index (χ1) is 13.5. The van der Waals surface area contributed by atoms with E-state index in [1.54, 1.807) is 42.4 Å². The monoisotopic (exact) mass is 395 g/mol. The van der Waals surface area contributed by atoms with Gasteiger partial charge in [-0.1, -0.05) is 37.3 Å². The van der Waals surface area contributed by atoms with E-state index in [4.69, 9.17) is 0 Å². The summed E-state index contributed by atoms with van der Waals surface area (Å²) < 4.78 is 28.3. The fourth-order valence-corrected chi connectivity index (χ4v) is 5.64. The number of rotatable bonds is 5. The molecule has 1 fully saturated rings. The van der Waals surface area contributed by atoms with Gasteiger partial charge in [0, 0.05) is 41.9 Å². The predicted octanol–water partition coefficient (Wildman–Crippen LogP) is 3.05. The van der Waals surface area contributed by atoms with Crippen LogP contribution >= 0.6 is 0 Å². The van der Waals surface area contributed by atoms with Crippen molar-refractivity contribution in [1.82, 2.24) is 9.29 Å². The van der Waals surface area contributed by atoms with Gasteiger partial charge in [0.1, 0.15) is 6.04 Å². The minimum Gasteiger partial charge on any atom is -0.311 e. The molecule has 1 aliphatic rings. The van der Waals surface area contributed by atoms with E-state index in [-0.39, 0.29) is 17.3 Å². The second kappa shape index (κ2) is 7.33. The summed E-state index contributed by atoms with van der Waals surface area (Å²) in [5, 5.41) is 1.37. The maximum atomic E-state index is 13.5. The Morgan fingerprint density at radius 1 is 1.11 bits per heavy atom. The zero-order valence-electron chi connectivity index (χ0n) is 15.5. The molecule has 1 aromatic heterocycles. The number of aromatic nitrogens is 1. The van der Waals surface area contributed by atoms with Gasteiger partial charge < -0.3 is 4.90 Å². The summed E-state index contributed by atoms with van der Waals surface area (Å²) in [6.45, 7) is 2.49. The van der Waals surface area contributed by atoms with E-state index in [2.05, 4.69) is 4.98 Å². The fraction of sp³-hybridized carbons (Fsp3) is 0.238. The molecule has 144 valence electrons. The van der Waals surface area contributed by atoms with Crippen molar-refractivity contribution in [1.29, 1.82) is 0 Å². The minimum atomic E-state index is -3.84. The second-order valence-electron chi connectivity index (χ2n) is 6.69. The van der Waals surface area contributed by atoms with E-state index < -0.39 is 16.1 Å². The summed E-state index contributed by atoms with van der Waals surface area (Å²) in [6.07, 6.45) is 3.69. The highest BCUT2D eigenvalue weighted by Crippen LogP contribution is 2.30. The van der Waals surface area contributed by atoms with Gasteiger partial charge in [-0.15, -0.1) is 0 Å². The number of hydrogen-bond donors (Lipinski definition) is 0. The molecule has 1 atom stereocenters. The summed E-state index contributed by atoms with van der Waals surface area (Å²) in [5.74, 6) is -0.182. The summed E-state index contributed by atoms with van der Waals surface area (Å²) in [6, 6.07) is 15.5. The first-order valence-electron chi connectivity index (χ1n) is 9.25. The number of pyridine rings is 1. The van der Waals surface area contributed by atoms with Crippen LogP contribution in [0.25, 0.3) is 10.8 Å². The van der Waals surface area contributed by atoms with Crippen molar-refractivity contribution in [3.63, 3.8) is 0 Å². The first-order valence-corrected chi connectivity index (χ1v) is 10.7. The van der Waals surface area contributed by atoms with Gasteiger partial charge in [-0.2, -0.15) is 4.31 Å². The number of carbonyl (C=O) groups excluding carboxylic acids is 1. The summed E-state index contributed by atoms with van der Waals surface area (Å²) in [4.78, 5) is 19.0. The van der Waals surface area contributed by atoms with E-state index in [1.807, 2.05) is 36.4 Å². The molecule has 2 aromatic carbocycles. The van der Waals surface area contributed by atoms with Gasteiger partial charge in [0.05, 0.1) is 4.90 Å². The third kappa shape index (κ3) is 3.06. The number of amides is 1. The predicted molar refractivity (Wildman–Crippen MR) is 109 cm³/mol. The standard InChI is InChI=1S/C21H21N3O3S/c1-2-24(19-12-14-23(21(19)25)17-8-4-3-5-9-17)28(26,27)20-10-6-7-16-15-22-13-11-18(16)20/h3-11,13,15,19H,2,12,14H2,1H3. The maximum Gasteiger partial charge on any atom is 0.245 e. The Kier molecular flexibility index (Phi) is 4.87. The molecular formula is C21H21N3O3S. The van der Waals surface area contributed by atoms with Crippen LogP contribution in [0.2, 0.25) is 0 Å². The maximum absolute atomic E-state index is 13.5. The average molecular weight is 395 g/mol. The SMILES string of the molecule is CCN(C1CCN(c2ccccc2)C1=O)S(=O)(=O)c1cccc2cnccc12. The second-order valence-corrected chi connectivity index (χ2v) is 8.55. The third-order valence-electron chi connectivity index (χ3n) is 5.13. The lowest BCUT2D eigenvalue weighted by molar-refractivity contribution is -0.120. The van der Waals surface area contributed by atoms with Gasteiger partial charge in [0.25, 0.3) is 0 Å². The number of benzene rings is 2. The van der Waals surface area contributed by atoms with Gasteiger partial charge >= 0.3 is 0 Å². The molecule has 0 bridgehead atoms. The number of para-hydroxylation sites is 1. The topological polar surface area (TPSA) is 70.6 Å². The van der Waals surface area contributed by atoms with E-state index >= 15 is 0 Å². The Morgan fingerprint density at radius 2 is 1.89 bits per heavy atom. The molecule has 0 radical (unpaired) electrons. The lowest BCUT2D eigenvalue weighted by atomic mass is 10.2. The molecule has 3 aromatic rings. The fourth-order valence-electron chi connectivity index (χ4n) is 3.80. The number of fused-ring (bicyclic) bond motifs is 1. The number of anilines is 1. The van der Waals surface area contributed by atoms with E-state index in [9.17, 15) is 13.2 Å². The van der Waals surface area contributed by atoms with Crippen molar-refractivity contribution in [2.45, 2.75) is 24.3 Å². The molecule has 0 N–H and O–H groups in total. The molecule has 1 unspecified atom stereocenters. The summed E-state index contributed by atoms with van der Waals surface area (Å²) in [5.41, 5.74) is 0.791. The highest BCUT2D eigenvalue weighted by molar-refractivity contribution is 7.89. The van der Waals surface area contributed by atoms with Crippen LogP contribution in [-0.4, -0.2) is 42.7 Å². The zero-order chi connectivity index (χ0) is 19.7. The Balaban J connectivity index is 1.71. The Bertz CT molecular complexity index is 1110. The largest absolute Gasteiger partial charge is 0.311 e. The lowest BCUT2D eigenvalue weighted by Gasteiger charge is -2.26. The average Bonchev–Trinajstić information content (AvgIpc) is 3.09. The van der Waals surface area contributed by atoms with E-state index in [0.29, 0.717) is 18.4 Å². The van der Waals surface area contributed by atoms with Crippen LogP contribution in [0, 0.1) is 0 Å². The smallest absolute Gasteiger partial charge is 0.245 e. The molecule has 1 saturated heterocycles. The van der Waals surface area contributed by atoms with Gasteiger partial charge in [-0.3, -0.25) is 9.78 Å². The van der Waals surface area contributed by atoms with Crippen molar-refractivity contribution in [3.8, 4) is 0 Å². The number of carbonyl (C=O) groups is 1. The number of hydrogen-bond acceptors (Lipinski definition) is 4. The van der Waals surface area contributed by atoms with Crippen LogP contribution in [0.4, 0.5) is 5.69 Å². The molecular weight excluding hydrogens is 374 g/mol. The first kappa shape index (κ1) is 18.6. The molecule has 28 heavy (non-hydrogen) atoms. The Labute approximate surface area is 164 Å². The van der Waals surface area contributed by atoms with Crippen LogP contribution in [0.1, 0.15) is 13.3 Å². The Hall–Kier alpha value is -2.77. The zero-order valence-corrected chi connectivity index (χ0v) is 16.3. The van der Waals surface area contributed by atoms with Gasteiger partial charge in [0.2, 0.25) is 15.9 Å². The number of nitrogens with zero attached hydrogens (tertiary/aromatic N) is 3. The summed E-state index contributed by atoms with van der Waals surface area (Å²) >= 11 is 0. The molecule has 1 aliphatic heterocycles. The molecule has 0 saturated carbocycles. The number of likely N-dealkylation sites (N-methyl/N-ethyl adjacent to an activating group) is 1. The van der Waals surface area contributed by atoms with Crippen molar-refractivity contribution in [2.75, 3.05) is 18.0 Å². The summed E-state index contributed by atoms with van der Waals surface area (Å²) in [7, 11) is -3.84. The van der Waals surface area contributed by atoms with Crippen molar-refractivity contribution in [3.05, 3.63) is 67.0 Å². The molecule has 6 nitrogen and oxygen atoms in total. The third-order valence-corrected chi connectivity index (χ3v) is 7.17. The van der Waals surface area contributed by atoms with Crippen LogP contribution in [-0.2, 0) is 14.8 Å². The molecule has 0 spiro atoms. The van der Waals surface area contributed by atoms with Crippen LogP contribution in [0.3, 0.4) is 0 Å². The quantitative estimate of drug-likeness (QED) is 0.666. The van der Waals surface area contributed by atoms with Crippen molar-refractivity contribution < 1.29 is 13.2 Å². The molecule has 7 heteroatoms. The molecule has 1 amide bonds. The highest BCUT2D eigenvalue weighted by atomic mass is 32.2. The normalized spacial score (nSPS) is 17.6. The van der Waals surface area contributed by atoms with Gasteiger partial charge in [0.15, 0.2) is 0 Å². The van der Waals surface area contributed by atoms with Crippen LogP contribution < -0.4 is 4.90 Å². The molecule has 0 aliphatic carbocycles. The van der Waals surface area contributed by atoms with Gasteiger partial charge in [-0.05, 0) is 30.7 Å². The van der Waals surface area contributed by atoms with Crippen LogP contribution in [0.15, 0.2) is 71.9 Å². The highest BCUT2D eigenvalue weighted by Gasteiger charge is 2.41. The van der Waals surface area contributed by atoms with Crippen LogP contribution in [0.5, 0.6) is 0 Å². The molecule has 2 heterocycles.